The summed E-state index contributed by atoms with van der Waals surface area (Å²) in [7, 11) is 0. The van der Waals surface area contributed by atoms with Gasteiger partial charge in [-0.15, -0.1) is 0 Å². The van der Waals surface area contributed by atoms with Crippen molar-refractivity contribution in [2.75, 3.05) is 0 Å². The van der Waals surface area contributed by atoms with E-state index in [9.17, 15) is 0 Å². The number of hydrogen-bond acceptors (Lipinski definition) is 0. The molecule has 0 heterocycles. The van der Waals surface area contributed by atoms with Crippen molar-refractivity contribution in [1.82, 2.24) is 0 Å². The minimum absolute atomic E-state index is 0. The second-order valence-corrected chi connectivity index (χ2v) is 1.74. The van der Waals surface area contributed by atoms with Crippen LogP contribution in [0, 0.1) is 6.92 Å². The van der Waals surface area contributed by atoms with Crippen molar-refractivity contribution in [3.05, 3.63) is 42.8 Å². The maximum absolute atomic E-state index is 3.76. The van der Waals surface area contributed by atoms with Crippen molar-refractivity contribution >= 4 is 0 Å². The summed E-state index contributed by atoms with van der Waals surface area (Å²) in [5.74, 6) is 0. The van der Waals surface area contributed by atoms with Gasteiger partial charge in [0.2, 0.25) is 0 Å². The molecule has 0 nitrogen and oxygen atoms in total. The van der Waals surface area contributed by atoms with E-state index in [1.54, 1.807) is 0 Å². The zero-order valence-electron chi connectivity index (χ0n) is 5.51. The molecule has 0 aliphatic heterocycles. The summed E-state index contributed by atoms with van der Waals surface area (Å²) >= 11 is 0. The number of rotatable bonds is 1. The Morgan fingerprint density at radius 1 is 1.11 bits per heavy atom. The Hall–Kier alpha value is -0.157. The van der Waals surface area contributed by atoms with Crippen LogP contribution in [0.1, 0.15) is 5.56 Å². The van der Waals surface area contributed by atoms with E-state index in [0.29, 0.717) is 0 Å². The Morgan fingerprint density at radius 3 is 2.00 bits per heavy atom. The van der Waals surface area contributed by atoms with Gasteiger partial charge in [-0.3, -0.25) is 0 Å². The SMILES string of the molecule is [CH2-]Cc1ccccc1.[Zn]. The molecule has 0 aromatic heterocycles. The van der Waals surface area contributed by atoms with Crippen LogP contribution in [-0.2, 0) is 25.9 Å². The minimum Gasteiger partial charge on any atom is -0.339 e. The van der Waals surface area contributed by atoms with Gasteiger partial charge in [-0.25, -0.2) is 0 Å². The van der Waals surface area contributed by atoms with Gasteiger partial charge in [0.1, 0.15) is 0 Å². The first-order valence-corrected chi connectivity index (χ1v) is 2.76. The van der Waals surface area contributed by atoms with Gasteiger partial charge in [-0.2, -0.15) is 6.42 Å². The predicted octanol–water partition coefficient (Wildman–Crippen LogP) is 2.06. The van der Waals surface area contributed by atoms with Gasteiger partial charge < -0.3 is 6.92 Å². The van der Waals surface area contributed by atoms with Crippen molar-refractivity contribution in [1.29, 1.82) is 0 Å². The van der Waals surface area contributed by atoms with E-state index in [-0.39, 0.29) is 19.5 Å². The molecule has 0 radical (unpaired) electrons. The first kappa shape index (κ1) is 8.84. The molecule has 1 rings (SSSR count). The van der Waals surface area contributed by atoms with E-state index in [2.05, 4.69) is 19.1 Å². The minimum atomic E-state index is 0. The number of hydrogen-bond donors (Lipinski definition) is 0. The zero-order valence-corrected chi connectivity index (χ0v) is 8.48. The van der Waals surface area contributed by atoms with E-state index < -0.39 is 0 Å². The summed E-state index contributed by atoms with van der Waals surface area (Å²) < 4.78 is 0. The monoisotopic (exact) mass is 169 g/mol. The third-order valence-corrected chi connectivity index (χ3v) is 1.13. The fraction of sp³-hybridized carbons (Fsp3) is 0.125. The van der Waals surface area contributed by atoms with Crippen LogP contribution in [0.25, 0.3) is 0 Å². The van der Waals surface area contributed by atoms with E-state index >= 15 is 0 Å². The first-order valence-electron chi connectivity index (χ1n) is 2.76. The van der Waals surface area contributed by atoms with E-state index in [1.807, 2.05) is 18.2 Å². The van der Waals surface area contributed by atoms with Crippen LogP contribution in [0.2, 0.25) is 0 Å². The Morgan fingerprint density at radius 2 is 1.67 bits per heavy atom. The van der Waals surface area contributed by atoms with Gasteiger partial charge in [-0.1, -0.05) is 35.9 Å². The van der Waals surface area contributed by atoms with Crippen molar-refractivity contribution < 1.29 is 19.5 Å². The maximum atomic E-state index is 3.76. The normalized spacial score (nSPS) is 8.11. The summed E-state index contributed by atoms with van der Waals surface area (Å²) in [6.07, 6.45) is 0.890. The smallest absolute Gasteiger partial charge is 0 e. The van der Waals surface area contributed by atoms with Gasteiger partial charge >= 0.3 is 0 Å². The van der Waals surface area contributed by atoms with Gasteiger partial charge in [-0.05, 0) is 0 Å². The fourth-order valence-corrected chi connectivity index (χ4v) is 0.645. The molecule has 0 saturated heterocycles. The first-order chi connectivity index (χ1) is 3.93. The molecule has 0 saturated carbocycles. The molecular weight excluding hydrogens is 161 g/mol. The van der Waals surface area contributed by atoms with Crippen LogP contribution >= 0.6 is 0 Å². The molecule has 0 fully saturated rings. The van der Waals surface area contributed by atoms with Crippen LogP contribution in [0.3, 0.4) is 0 Å². The fourth-order valence-electron chi connectivity index (χ4n) is 0.645. The van der Waals surface area contributed by atoms with Crippen LogP contribution in [0.5, 0.6) is 0 Å². The van der Waals surface area contributed by atoms with Gasteiger partial charge in [0.25, 0.3) is 0 Å². The Bertz CT molecular complexity index is 146. The van der Waals surface area contributed by atoms with Crippen LogP contribution in [0.15, 0.2) is 30.3 Å². The summed E-state index contributed by atoms with van der Waals surface area (Å²) in [4.78, 5) is 0. The largest absolute Gasteiger partial charge is 0.339 e. The molecule has 0 aliphatic carbocycles. The van der Waals surface area contributed by atoms with E-state index in [1.165, 1.54) is 5.56 Å². The molecule has 9 heavy (non-hydrogen) atoms. The molecule has 1 aromatic carbocycles. The van der Waals surface area contributed by atoms with Crippen molar-refractivity contribution in [3.63, 3.8) is 0 Å². The average Bonchev–Trinajstić information content (AvgIpc) is 1.90. The Labute approximate surface area is 69.0 Å². The van der Waals surface area contributed by atoms with Gasteiger partial charge in [0, 0.05) is 19.5 Å². The molecule has 0 unspecified atom stereocenters. The predicted molar refractivity (Wildman–Crippen MR) is 35.5 cm³/mol. The molecule has 0 spiro atoms. The van der Waals surface area contributed by atoms with Gasteiger partial charge in [0.15, 0.2) is 0 Å². The topological polar surface area (TPSA) is 0 Å². The second kappa shape index (κ2) is 4.70. The molecule has 1 heteroatoms. The zero-order chi connectivity index (χ0) is 5.82. The van der Waals surface area contributed by atoms with Crippen LogP contribution < -0.4 is 0 Å². The second-order valence-electron chi connectivity index (χ2n) is 1.74. The number of benzene rings is 1. The molecule has 0 bridgehead atoms. The Balaban J connectivity index is 0.000000640. The third-order valence-electron chi connectivity index (χ3n) is 1.13. The summed E-state index contributed by atoms with van der Waals surface area (Å²) in [6.45, 7) is 3.76. The molecule has 44 valence electrons. The van der Waals surface area contributed by atoms with Gasteiger partial charge in [0.05, 0.1) is 0 Å². The molecule has 0 atom stereocenters. The Kier molecular flexibility index (Phi) is 4.62. The van der Waals surface area contributed by atoms with Crippen LogP contribution in [-0.4, -0.2) is 0 Å². The van der Waals surface area contributed by atoms with E-state index in [0.717, 1.165) is 6.42 Å². The van der Waals surface area contributed by atoms with E-state index in [4.69, 9.17) is 0 Å². The maximum Gasteiger partial charge on any atom is 0 e. The summed E-state index contributed by atoms with van der Waals surface area (Å²) in [6, 6.07) is 10.2. The molecule has 0 N–H and O–H groups in total. The van der Waals surface area contributed by atoms with Crippen LogP contribution in [0.4, 0.5) is 0 Å². The quantitative estimate of drug-likeness (QED) is 0.447. The molecule has 1 aromatic rings. The standard InChI is InChI=1S/C8H9.Zn/c1-2-8-6-4-3-5-7-8;/h3-7H,1-2H2;/q-1;. The average molecular weight is 171 g/mol. The molecule has 0 amide bonds. The molecular formula is C8H9Zn-. The third kappa shape index (κ3) is 2.76. The van der Waals surface area contributed by atoms with Crippen molar-refractivity contribution in [2.45, 2.75) is 6.42 Å². The molecule has 0 aliphatic rings. The van der Waals surface area contributed by atoms with Crippen molar-refractivity contribution in [3.8, 4) is 0 Å². The van der Waals surface area contributed by atoms with Crippen molar-refractivity contribution in [2.24, 2.45) is 0 Å². The summed E-state index contributed by atoms with van der Waals surface area (Å²) in [5.41, 5.74) is 1.30. The summed E-state index contributed by atoms with van der Waals surface area (Å²) in [5, 5.41) is 0.